The molecule has 1 aliphatic heterocycles. The summed E-state index contributed by atoms with van der Waals surface area (Å²) in [7, 11) is 0. The number of ether oxygens (including phenoxy) is 2. The summed E-state index contributed by atoms with van der Waals surface area (Å²) in [5.74, 6) is -0.293. The Morgan fingerprint density at radius 2 is 1.17 bits per heavy atom. The first-order valence-corrected chi connectivity index (χ1v) is 17.3. The molecule has 0 bridgehead atoms. The fourth-order valence-electron chi connectivity index (χ4n) is 5.49. The molecule has 1 fully saturated rings. The number of carbonyl (C=O) groups excluding carboxylic acids is 3. The Morgan fingerprint density at radius 3 is 1.63 bits per heavy atom. The Balaban J connectivity index is 2.09. The first-order chi connectivity index (χ1) is 19.7. The maximum Gasteiger partial charge on any atom is 0.311 e. The fourth-order valence-corrected chi connectivity index (χ4v) is 5.49. The number of carbonyl (C=O) groups is 3. The fraction of sp³-hybridized carbons (Fsp3) is 0.914. The van der Waals surface area contributed by atoms with Gasteiger partial charge in [0.25, 0.3) is 0 Å². The van der Waals surface area contributed by atoms with Crippen LogP contribution in [0.5, 0.6) is 0 Å². The lowest BCUT2D eigenvalue weighted by Gasteiger charge is -2.30. The van der Waals surface area contributed by atoms with Crippen LogP contribution in [-0.4, -0.2) is 49.0 Å². The van der Waals surface area contributed by atoms with Crippen molar-refractivity contribution in [3.63, 3.8) is 0 Å². The molecule has 0 saturated carbocycles. The number of unbranched alkanes of at least 4 members (excludes halogenated alkanes) is 15. The third kappa shape index (κ3) is 16.6. The van der Waals surface area contributed by atoms with E-state index in [9.17, 15) is 14.4 Å². The summed E-state index contributed by atoms with van der Waals surface area (Å²) in [5.41, 5.74) is -1.30. The van der Waals surface area contributed by atoms with Gasteiger partial charge in [-0.2, -0.15) is 0 Å². The van der Waals surface area contributed by atoms with Crippen molar-refractivity contribution in [3.05, 3.63) is 0 Å². The highest BCUT2D eigenvalue weighted by Gasteiger charge is 2.38. The molecule has 240 valence electrons. The number of rotatable bonds is 26. The highest BCUT2D eigenvalue weighted by Crippen LogP contribution is 2.35. The molecule has 1 atom stereocenters. The zero-order valence-corrected chi connectivity index (χ0v) is 27.7. The molecule has 0 aromatic heterocycles. The van der Waals surface area contributed by atoms with Crippen molar-refractivity contribution in [3.8, 4) is 0 Å². The van der Waals surface area contributed by atoms with E-state index in [1.54, 1.807) is 4.90 Å². The molecule has 0 aliphatic carbocycles. The van der Waals surface area contributed by atoms with Crippen LogP contribution < -0.4 is 0 Å². The van der Waals surface area contributed by atoms with E-state index >= 15 is 0 Å². The van der Waals surface area contributed by atoms with E-state index in [0.29, 0.717) is 38.8 Å². The number of esters is 2. The van der Waals surface area contributed by atoms with Gasteiger partial charge in [-0.15, -0.1) is 0 Å². The van der Waals surface area contributed by atoms with Crippen LogP contribution in [0, 0.1) is 10.8 Å². The van der Waals surface area contributed by atoms with Crippen molar-refractivity contribution >= 4 is 17.8 Å². The van der Waals surface area contributed by atoms with Crippen LogP contribution in [0.25, 0.3) is 0 Å². The smallest absolute Gasteiger partial charge is 0.311 e. The highest BCUT2D eigenvalue weighted by molar-refractivity contribution is 5.79. The van der Waals surface area contributed by atoms with Crippen molar-refractivity contribution in [2.75, 3.05) is 26.3 Å². The largest absolute Gasteiger partial charge is 0.465 e. The van der Waals surface area contributed by atoms with E-state index in [4.69, 9.17) is 9.47 Å². The highest BCUT2D eigenvalue weighted by atomic mass is 16.5. The van der Waals surface area contributed by atoms with Gasteiger partial charge in [-0.1, -0.05) is 110 Å². The predicted octanol–water partition coefficient (Wildman–Crippen LogP) is 9.18. The molecule has 1 rings (SSSR count). The van der Waals surface area contributed by atoms with Gasteiger partial charge >= 0.3 is 11.9 Å². The maximum atomic E-state index is 12.9. The molecule has 1 heterocycles. The first kappa shape index (κ1) is 37.4. The van der Waals surface area contributed by atoms with Crippen molar-refractivity contribution in [2.24, 2.45) is 10.8 Å². The minimum absolute atomic E-state index is 0.136. The van der Waals surface area contributed by atoms with Gasteiger partial charge in [0.2, 0.25) is 5.91 Å². The molecule has 0 spiro atoms. The zero-order valence-electron chi connectivity index (χ0n) is 27.7. The minimum Gasteiger partial charge on any atom is -0.465 e. The SMILES string of the molecule is CCCCCCCCCCCCCCCCCCOC(=O)C(C)(CC)CCC(C)(C)C(=O)OCCN1CCCC1=O. The zero-order chi connectivity index (χ0) is 30.4. The lowest BCUT2D eigenvalue weighted by atomic mass is 9.76. The average Bonchev–Trinajstić information content (AvgIpc) is 3.37. The van der Waals surface area contributed by atoms with Crippen LogP contribution in [-0.2, 0) is 23.9 Å². The molecule has 1 aliphatic rings. The first-order valence-electron chi connectivity index (χ1n) is 17.3. The molecular formula is C35H65NO5. The summed E-state index contributed by atoms with van der Waals surface area (Å²) in [6, 6.07) is 0. The number of hydrogen-bond acceptors (Lipinski definition) is 5. The predicted molar refractivity (Wildman–Crippen MR) is 169 cm³/mol. The number of nitrogens with zero attached hydrogens (tertiary/aromatic N) is 1. The summed E-state index contributed by atoms with van der Waals surface area (Å²) < 4.78 is 11.2. The Hall–Kier alpha value is -1.59. The average molecular weight is 580 g/mol. The van der Waals surface area contributed by atoms with Crippen LogP contribution in [0.4, 0.5) is 0 Å². The molecule has 1 amide bonds. The molecule has 6 nitrogen and oxygen atoms in total. The number of likely N-dealkylation sites (tertiary alicyclic amines) is 1. The Labute approximate surface area is 253 Å². The third-order valence-electron chi connectivity index (χ3n) is 9.12. The standard InChI is InChI=1S/C35H65NO5/c1-6-8-9-10-11-12-13-14-15-16-17-18-19-20-21-22-29-40-33(39)35(5,7-2)26-25-34(3,4)32(38)41-30-28-36-27-23-24-31(36)37/h6-30H2,1-5H3. The normalized spacial score (nSPS) is 15.2. The van der Waals surface area contributed by atoms with E-state index < -0.39 is 10.8 Å². The van der Waals surface area contributed by atoms with Crippen LogP contribution in [0.15, 0.2) is 0 Å². The molecule has 41 heavy (non-hydrogen) atoms. The van der Waals surface area contributed by atoms with Crippen LogP contribution in [0.2, 0.25) is 0 Å². The molecule has 1 unspecified atom stereocenters. The Kier molecular flexibility index (Phi) is 20.1. The molecule has 0 aromatic rings. The van der Waals surface area contributed by atoms with Crippen LogP contribution in [0.1, 0.15) is 169 Å². The van der Waals surface area contributed by atoms with Crippen LogP contribution in [0.3, 0.4) is 0 Å². The van der Waals surface area contributed by atoms with Gasteiger partial charge in [-0.25, -0.2) is 0 Å². The quantitative estimate of drug-likeness (QED) is 0.0754. The monoisotopic (exact) mass is 579 g/mol. The minimum atomic E-state index is -0.695. The second-order valence-electron chi connectivity index (χ2n) is 13.4. The molecule has 0 aromatic carbocycles. The van der Waals surface area contributed by atoms with Gasteiger partial charge in [0.05, 0.1) is 24.0 Å². The topological polar surface area (TPSA) is 72.9 Å². The van der Waals surface area contributed by atoms with Gasteiger partial charge in [0, 0.05) is 13.0 Å². The van der Waals surface area contributed by atoms with E-state index in [1.165, 1.54) is 89.9 Å². The summed E-state index contributed by atoms with van der Waals surface area (Å²) in [5, 5.41) is 0. The maximum absolute atomic E-state index is 12.9. The summed E-state index contributed by atoms with van der Waals surface area (Å²) in [6.07, 6.45) is 24.4. The van der Waals surface area contributed by atoms with Crippen LogP contribution >= 0.6 is 0 Å². The third-order valence-corrected chi connectivity index (χ3v) is 9.12. The number of hydrogen-bond donors (Lipinski definition) is 0. The van der Waals surface area contributed by atoms with Gasteiger partial charge in [-0.05, 0) is 52.9 Å². The van der Waals surface area contributed by atoms with Gasteiger partial charge in [0.1, 0.15) is 6.61 Å². The van der Waals surface area contributed by atoms with Gasteiger partial charge in [-0.3, -0.25) is 14.4 Å². The second-order valence-corrected chi connectivity index (χ2v) is 13.4. The van der Waals surface area contributed by atoms with E-state index in [-0.39, 0.29) is 24.5 Å². The van der Waals surface area contributed by atoms with E-state index in [1.807, 2.05) is 27.7 Å². The molecule has 6 heteroatoms. The van der Waals surface area contributed by atoms with Gasteiger partial charge in [0.15, 0.2) is 0 Å². The molecule has 1 saturated heterocycles. The lowest BCUT2D eigenvalue weighted by Crippen LogP contribution is -2.35. The van der Waals surface area contributed by atoms with Crippen molar-refractivity contribution in [1.29, 1.82) is 0 Å². The lowest BCUT2D eigenvalue weighted by molar-refractivity contribution is -0.160. The van der Waals surface area contributed by atoms with Crippen molar-refractivity contribution < 1.29 is 23.9 Å². The van der Waals surface area contributed by atoms with E-state index in [0.717, 1.165) is 25.8 Å². The summed E-state index contributed by atoms with van der Waals surface area (Å²) >= 11 is 0. The van der Waals surface area contributed by atoms with Crippen molar-refractivity contribution in [1.82, 2.24) is 4.90 Å². The van der Waals surface area contributed by atoms with Gasteiger partial charge < -0.3 is 14.4 Å². The van der Waals surface area contributed by atoms with Crippen molar-refractivity contribution in [2.45, 2.75) is 169 Å². The number of amides is 1. The molecule has 0 radical (unpaired) electrons. The molecular weight excluding hydrogens is 514 g/mol. The molecule has 0 N–H and O–H groups in total. The Bertz CT molecular complexity index is 721. The summed E-state index contributed by atoms with van der Waals surface area (Å²) in [4.78, 5) is 39.1. The Morgan fingerprint density at radius 1 is 0.683 bits per heavy atom. The van der Waals surface area contributed by atoms with E-state index in [2.05, 4.69) is 6.92 Å². The summed E-state index contributed by atoms with van der Waals surface area (Å²) in [6.45, 7) is 11.9. The second kappa shape index (κ2) is 22.0.